The van der Waals surface area contributed by atoms with Gasteiger partial charge >= 0.3 is 0 Å². The van der Waals surface area contributed by atoms with Crippen molar-refractivity contribution in [2.45, 2.75) is 0 Å². The zero-order chi connectivity index (χ0) is 11.7. The van der Waals surface area contributed by atoms with Crippen LogP contribution in [0.5, 0.6) is 0 Å². The molecule has 0 fully saturated rings. The van der Waals surface area contributed by atoms with E-state index < -0.39 is 11.6 Å². The molecule has 0 bridgehead atoms. The summed E-state index contributed by atoms with van der Waals surface area (Å²) in [4.78, 5) is 0. The Bertz CT molecular complexity index is 520. The molecule has 0 unspecified atom stereocenters. The SMILES string of the molecule is Nc1cc(F)ccc1-c1cc(F)cc(Cl)c1. The zero-order valence-electron chi connectivity index (χ0n) is 8.18. The van der Waals surface area contributed by atoms with Crippen LogP contribution in [0.3, 0.4) is 0 Å². The van der Waals surface area contributed by atoms with Crippen molar-refractivity contribution < 1.29 is 8.78 Å². The standard InChI is InChI=1S/C12H8ClF2N/c13-8-3-7(4-10(15)5-8)11-2-1-9(14)6-12(11)16/h1-6H,16H2. The summed E-state index contributed by atoms with van der Waals surface area (Å²) in [5, 5.41) is 0.277. The molecule has 0 aliphatic rings. The molecule has 2 rings (SSSR count). The van der Waals surface area contributed by atoms with Gasteiger partial charge < -0.3 is 5.73 Å². The van der Waals surface area contributed by atoms with Crippen molar-refractivity contribution in [1.29, 1.82) is 0 Å². The number of rotatable bonds is 1. The monoisotopic (exact) mass is 239 g/mol. The Balaban J connectivity index is 2.58. The second kappa shape index (κ2) is 4.10. The van der Waals surface area contributed by atoms with Gasteiger partial charge in [0.2, 0.25) is 0 Å². The first-order valence-electron chi connectivity index (χ1n) is 4.58. The fraction of sp³-hybridized carbons (Fsp3) is 0. The maximum Gasteiger partial charge on any atom is 0.125 e. The van der Waals surface area contributed by atoms with E-state index in [1.165, 1.54) is 30.3 Å². The van der Waals surface area contributed by atoms with Crippen LogP contribution in [0.25, 0.3) is 11.1 Å². The van der Waals surface area contributed by atoms with Crippen molar-refractivity contribution in [3.63, 3.8) is 0 Å². The Morgan fingerprint density at radius 1 is 0.938 bits per heavy atom. The molecule has 2 aromatic carbocycles. The lowest BCUT2D eigenvalue weighted by Gasteiger charge is -2.06. The minimum absolute atomic E-state index is 0.252. The van der Waals surface area contributed by atoms with Crippen molar-refractivity contribution in [1.82, 2.24) is 0 Å². The molecule has 4 heteroatoms. The van der Waals surface area contributed by atoms with Gasteiger partial charge in [0.15, 0.2) is 0 Å². The van der Waals surface area contributed by atoms with E-state index in [1.54, 1.807) is 6.07 Å². The summed E-state index contributed by atoms with van der Waals surface area (Å²) in [5.74, 6) is -0.880. The Morgan fingerprint density at radius 3 is 2.31 bits per heavy atom. The third-order valence-electron chi connectivity index (χ3n) is 2.19. The minimum Gasteiger partial charge on any atom is -0.398 e. The Kier molecular flexibility index (Phi) is 2.79. The van der Waals surface area contributed by atoms with E-state index in [-0.39, 0.29) is 10.7 Å². The van der Waals surface area contributed by atoms with E-state index in [0.717, 1.165) is 0 Å². The van der Waals surface area contributed by atoms with Crippen LogP contribution in [0.2, 0.25) is 5.02 Å². The van der Waals surface area contributed by atoms with Gasteiger partial charge in [-0.15, -0.1) is 0 Å². The molecule has 0 heterocycles. The summed E-state index contributed by atoms with van der Waals surface area (Å²) in [6.45, 7) is 0. The van der Waals surface area contributed by atoms with Gasteiger partial charge in [-0.1, -0.05) is 11.6 Å². The summed E-state index contributed by atoms with van der Waals surface area (Å²) in [6, 6.07) is 8.03. The quantitative estimate of drug-likeness (QED) is 0.751. The normalized spacial score (nSPS) is 10.4. The van der Waals surface area contributed by atoms with E-state index in [1.807, 2.05) is 0 Å². The minimum atomic E-state index is -0.453. The largest absolute Gasteiger partial charge is 0.398 e. The van der Waals surface area contributed by atoms with Crippen LogP contribution in [-0.2, 0) is 0 Å². The third-order valence-corrected chi connectivity index (χ3v) is 2.41. The van der Waals surface area contributed by atoms with Crippen LogP contribution >= 0.6 is 11.6 Å². The highest BCUT2D eigenvalue weighted by molar-refractivity contribution is 6.30. The number of anilines is 1. The summed E-state index contributed by atoms with van der Waals surface area (Å²) in [6.07, 6.45) is 0. The molecule has 16 heavy (non-hydrogen) atoms. The fourth-order valence-corrected chi connectivity index (χ4v) is 1.73. The van der Waals surface area contributed by atoms with Crippen LogP contribution in [0.4, 0.5) is 14.5 Å². The third kappa shape index (κ3) is 2.14. The molecule has 0 aromatic heterocycles. The lowest BCUT2D eigenvalue weighted by atomic mass is 10.0. The molecule has 2 N–H and O–H groups in total. The van der Waals surface area contributed by atoms with E-state index in [4.69, 9.17) is 17.3 Å². The molecule has 0 radical (unpaired) electrons. The summed E-state index contributed by atoms with van der Waals surface area (Å²) < 4.78 is 26.0. The average molecular weight is 240 g/mol. The number of halogens is 3. The second-order valence-corrected chi connectivity index (χ2v) is 3.83. The maximum absolute atomic E-state index is 13.1. The van der Waals surface area contributed by atoms with Gasteiger partial charge in [0.25, 0.3) is 0 Å². The van der Waals surface area contributed by atoms with Crippen LogP contribution < -0.4 is 5.73 Å². The summed E-state index contributed by atoms with van der Waals surface area (Å²) >= 11 is 5.73. The summed E-state index contributed by atoms with van der Waals surface area (Å²) in [5.41, 5.74) is 6.99. The lowest BCUT2D eigenvalue weighted by Crippen LogP contribution is -1.91. The molecular formula is C12H8ClF2N. The van der Waals surface area contributed by atoms with E-state index in [2.05, 4.69) is 0 Å². The van der Waals surface area contributed by atoms with Crippen molar-refractivity contribution in [2.75, 3.05) is 5.73 Å². The van der Waals surface area contributed by atoms with Gasteiger partial charge in [0, 0.05) is 16.3 Å². The zero-order valence-corrected chi connectivity index (χ0v) is 8.93. The molecule has 0 saturated heterocycles. The van der Waals surface area contributed by atoms with Crippen LogP contribution in [0.15, 0.2) is 36.4 Å². The number of benzene rings is 2. The first-order valence-corrected chi connectivity index (χ1v) is 4.95. The Hall–Kier alpha value is -1.61. The van der Waals surface area contributed by atoms with Gasteiger partial charge in [-0.3, -0.25) is 0 Å². The molecular weight excluding hydrogens is 232 g/mol. The van der Waals surface area contributed by atoms with Crippen molar-refractivity contribution >= 4 is 17.3 Å². The van der Waals surface area contributed by atoms with E-state index in [0.29, 0.717) is 11.1 Å². The number of hydrogen-bond acceptors (Lipinski definition) is 1. The molecule has 0 spiro atoms. The predicted molar refractivity (Wildman–Crippen MR) is 61.2 cm³/mol. The molecule has 0 saturated carbocycles. The van der Waals surface area contributed by atoms with Crippen molar-refractivity contribution in [2.24, 2.45) is 0 Å². The van der Waals surface area contributed by atoms with E-state index in [9.17, 15) is 8.78 Å². The molecule has 0 amide bonds. The molecule has 0 aliphatic carbocycles. The lowest BCUT2D eigenvalue weighted by molar-refractivity contribution is 0.628. The highest BCUT2D eigenvalue weighted by Crippen LogP contribution is 2.29. The molecule has 0 aliphatic heterocycles. The smallest absolute Gasteiger partial charge is 0.125 e. The second-order valence-electron chi connectivity index (χ2n) is 3.39. The summed E-state index contributed by atoms with van der Waals surface area (Å²) in [7, 11) is 0. The van der Waals surface area contributed by atoms with Gasteiger partial charge in [-0.2, -0.15) is 0 Å². The molecule has 1 nitrogen and oxygen atoms in total. The highest BCUT2D eigenvalue weighted by atomic mass is 35.5. The molecule has 0 atom stereocenters. The van der Waals surface area contributed by atoms with Crippen LogP contribution in [0.1, 0.15) is 0 Å². The Morgan fingerprint density at radius 2 is 1.69 bits per heavy atom. The van der Waals surface area contributed by atoms with E-state index >= 15 is 0 Å². The topological polar surface area (TPSA) is 26.0 Å². The van der Waals surface area contributed by atoms with Gasteiger partial charge in [0.05, 0.1) is 0 Å². The maximum atomic E-state index is 13.1. The van der Waals surface area contributed by atoms with Gasteiger partial charge in [0.1, 0.15) is 11.6 Å². The fourth-order valence-electron chi connectivity index (χ4n) is 1.51. The first-order chi connectivity index (χ1) is 7.56. The van der Waals surface area contributed by atoms with Crippen LogP contribution in [-0.4, -0.2) is 0 Å². The first kappa shape index (κ1) is 10.9. The highest BCUT2D eigenvalue weighted by Gasteiger charge is 2.06. The number of hydrogen-bond donors (Lipinski definition) is 1. The molecule has 2 aromatic rings. The van der Waals surface area contributed by atoms with Crippen LogP contribution in [0, 0.1) is 11.6 Å². The van der Waals surface area contributed by atoms with Crippen molar-refractivity contribution in [3.8, 4) is 11.1 Å². The number of nitrogens with two attached hydrogens (primary N) is 1. The van der Waals surface area contributed by atoms with Gasteiger partial charge in [-0.05, 0) is 42.0 Å². The Labute approximate surface area is 96.5 Å². The molecule has 82 valence electrons. The average Bonchev–Trinajstić information content (AvgIpc) is 2.15. The van der Waals surface area contributed by atoms with Gasteiger partial charge in [-0.25, -0.2) is 8.78 Å². The number of nitrogen functional groups attached to an aromatic ring is 1. The predicted octanol–water partition coefficient (Wildman–Crippen LogP) is 3.87. The van der Waals surface area contributed by atoms with Crippen molar-refractivity contribution in [3.05, 3.63) is 53.1 Å².